The summed E-state index contributed by atoms with van der Waals surface area (Å²) in [6.45, 7) is 1.09. The molecule has 1 saturated heterocycles. The number of nitriles is 1. The van der Waals surface area contributed by atoms with Crippen LogP contribution in [-0.4, -0.2) is 52.1 Å². The highest BCUT2D eigenvalue weighted by Crippen LogP contribution is 2.24. The molecular weight excluding hydrogens is 358 g/mol. The van der Waals surface area contributed by atoms with Crippen molar-refractivity contribution >= 4 is 16.8 Å². The molecule has 0 aliphatic carbocycles. The average Bonchev–Trinajstić information content (AvgIpc) is 3.17. The number of ether oxygens (including phenoxy) is 2. The maximum Gasteiger partial charge on any atom is 0.270 e. The van der Waals surface area contributed by atoms with Gasteiger partial charge in [-0.05, 0) is 31.0 Å². The monoisotopic (exact) mass is 377 g/mol. The number of aromatic amines is 1. The SMILES string of the molecule is COc1ccc2cc(C(=O)N3CCCC(Oc4nccnc4C#N)C3)[nH]c2c1. The molecule has 0 bridgehead atoms. The van der Waals surface area contributed by atoms with Crippen LogP contribution in [0.4, 0.5) is 0 Å². The Balaban J connectivity index is 1.49. The number of piperidine rings is 1. The molecule has 3 aromatic rings. The third kappa shape index (κ3) is 3.47. The van der Waals surface area contributed by atoms with Gasteiger partial charge >= 0.3 is 0 Å². The fourth-order valence-electron chi connectivity index (χ4n) is 3.38. The van der Waals surface area contributed by atoms with Crippen molar-refractivity contribution in [3.63, 3.8) is 0 Å². The molecule has 0 radical (unpaired) electrons. The first-order valence-electron chi connectivity index (χ1n) is 9.01. The van der Waals surface area contributed by atoms with Gasteiger partial charge in [0.05, 0.1) is 13.7 Å². The lowest BCUT2D eigenvalue weighted by Gasteiger charge is -2.32. The van der Waals surface area contributed by atoms with E-state index in [0.29, 0.717) is 18.8 Å². The van der Waals surface area contributed by atoms with Crippen LogP contribution in [-0.2, 0) is 0 Å². The van der Waals surface area contributed by atoms with Gasteiger partial charge in [-0.15, -0.1) is 0 Å². The number of likely N-dealkylation sites (tertiary alicyclic amines) is 1. The molecule has 1 fully saturated rings. The summed E-state index contributed by atoms with van der Waals surface area (Å²) in [5.74, 6) is 0.863. The highest BCUT2D eigenvalue weighted by atomic mass is 16.5. The van der Waals surface area contributed by atoms with Gasteiger partial charge in [0.15, 0.2) is 0 Å². The fourth-order valence-corrected chi connectivity index (χ4v) is 3.38. The van der Waals surface area contributed by atoms with Crippen LogP contribution >= 0.6 is 0 Å². The van der Waals surface area contributed by atoms with Crippen LogP contribution in [0.15, 0.2) is 36.7 Å². The van der Waals surface area contributed by atoms with Crippen LogP contribution in [0.3, 0.4) is 0 Å². The van der Waals surface area contributed by atoms with Crippen molar-refractivity contribution in [2.45, 2.75) is 18.9 Å². The van der Waals surface area contributed by atoms with Crippen molar-refractivity contribution in [3.8, 4) is 17.7 Å². The molecule has 1 aliphatic rings. The van der Waals surface area contributed by atoms with E-state index < -0.39 is 0 Å². The number of rotatable bonds is 4. The molecule has 1 N–H and O–H groups in total. The normalized spacial score (nSPS) is 16.6. The largest absolute Gasteiger partial charge is 0.497 e. The third-order valence-corrected chi connectivity index (χ3v) is 4.77. The highest BCUT2D eigenvalue weighted by molar-refractivity contribution is 5.98. The maximum atomic E-state index is 13.0. The van der Waals surface area contributed by atoms with E-state index in [1.165, 1.54) is 12.4 Å². The summed E-state index contributed by atoms with van der Waals surface area (Å²) in [6.07, 6.45) is 4.31. The molecule has 8 nitrogen and oxygen atoms in total. The first-order chi connectivity index (χ1) is 13.7. The standard InChI is InChI=1S/C20H19N5O3/c1-27-14-5-4-13-9-17(24-16(13)10-14)20(26)25-8-2-3-15(12-25)28-19-18(11-21)22-6-7-23-19/h4-7,9-10,15,24H,2-3,8,12H2,1H3. The number of H-pyrrole nitrogens is 1. The molecule has 1 atom stereocenters. The van der Waals surface area contributed by atoms with Gasteiger partial charge in [0, 0.05) is 35.9 Å². The van der Waals surface area contributed by atoms with Crippen molar-refractivity contribution in [3.05, 3.63) is 48.0 Å². The van der Waals surface area contributed by atoms with Gasteiger partial charge in [0.25, 0.3) is 11.8 Å². The summed E-state index contributed by atoms with van der Waals surface area (Å²) in [5.41, 5.74) is 1.53. The summed E-state index contributed by atoms with van der Waals surface area (Å²) in [7, 11) is 1.61. The van der Waals surface area contributed by atoms with E-state index in [-0.39, 0.29) is 23.6 Å². The summed E-state index contributed by atoms with van der Waals surface area (Å²) >= 11 is 0. The van der Waals surface area contributed by atoms with Gasteiger partial charge in [0.2, 0.25) is 5.69 Å². The van der Waals surface area contributed by atoms with Crippen LogP contribution in [0.2, 0.25) is 0 Å². The Bertz CT molecular complexity index is 1060. The van der Waals surface area contributed by atoms with E-state index in [1.807, 2.05) is 30.3 Å². The van der Waals surface area contributed by atoms with Gasteiger partial charge in [-0.3, -0.25) is 4.79 Å². The molecule has 1 unspecified atom stereocenters. The van der Waals surface area contributed by atoms with Crippen molar-refractivity contribution in [2.24, 2.45) is 0 Å². The van der Waals surface area contributed by atoms with Crippen LogP contribution in [0, 0.1) is 11.3 Å². The van der Waals surface area contributed by atoms with Crippen molar-refractivity contribution in [1.29, 1.82) is 5.26 Å². The number of nitrogens with one attached hydrogen (secondary N) is 1. The number of amides is 1. The molecule has 142 valence electrons. The smallest absolute Gasteiger partial charge is 0.270 e. The number of methoxy groups -OCH3 is 1. The molecular formula is C20H19N5O3. The summed E-state index contributed by atoms with van der Waals surface area (Å²) in [6, 6.07) is 9.47. The molecule has 28 heavy (non-hydrogen) atoms. The summed E-state index contributed by atoms with van der Waals surface area (Å²) in [4.78, 5) is 26.0. The van der Waals surface area contributed by atoms with E-state index in [2.05, 4.69) is 15.0 Å². The van der Waals surface area contributed by atoms with Crippen LogP contribution in [0.1, 0.15) is 29.0 Å². The predicted molar refractivity (Wildman–Crippen MR) is 101 cm³/mol. The Morgan fingerprint density at radius 1 is 1.32 bits per heavy atom. The van der Waals surface area contributed by atoms with Gasteiger partial charge in [-0.25, -0.2) is 9.97 Å². The van der Waals surface area contributed by atoms with Gasteiger partial charge < -0.3 is 19.4 Å². The zero-order valence-corrected chi connectivity index (χ0v) is 15.4. The fraction of sp³-hybridized carbons (Fsp3) is 0.300. The van der Waals surface area contributed by atoms with E-state index >= 15 is 0 Å². The lowest BCUT2D eigenvalue weighted by molar-refractivity contribution is 0.0522. The lowest BCUT2D eigenvalue weighted by Crippen LogP contribution is -2.44. The van der Waals surface area contributed by atoms with Crippen LogP contribution in [0.5, 0.6) is 11.6 Å². The first-order valence-corrected chi connectivity index (χ1v) is 9.01. The summed E-state index contributed by atoms with van der Waals surface area (Å²) in [5, 5.41) is 10.1. The van der Waals surface area contributed by atoms with Crippen LogP contribution in [0.25, 0.3) is 10.9 Å². The van der Waals surface area contributed by atoms with E-state index in [1.54, 1.807) is 12.0 Å². The molecule has 0 saturated carbocycles. The van der Waals surface area contributed by atoms with Crippen molar-refractivity contribution in [2.75, 3.05) is 20.2 Å². The van der Waals surface area contributed by atoms with Crippen molar-refractivity contribution < 1.29 is 14.3 Å². The zero-order chi connectivity index (χ0) is 19.5. The average molecular weight is 377 g/mol. The quantitative estimate of drug-likeness (QED) is 0.749. The second kappa shape index (κ2) is 7.56. The molecule has 8 heteroatoms. The van der Waals surface area contributed by atoms with E-state index in [9.17, 15) is 4.79 Å². The number of carbonyl (C=O) groups excluding carboxylic acids is 1. The Kier molecular flexibility index (Phi) is 4.81. The minimum atomic E-state index is -0.231. The molecule has 3 heterocycles. The first kappa shape index (κ1) is 17.8. The number of hydrogen-bond acceptors (Lipinski definition) is 6. The van der Waals surface area contributed by atoms with Gasteiger partial charge in [-0.1, -0.05) is 0 Å². The maximum absolute atomic E-state index is 13.0. The van der Waals surface area contributed by atoms with Gasteiger partial charge in [0.1, 0.15) is 23.6 Å². The molecule has 2 aromatic heterocycles. The van der Waals surface area contributed by atoms with E-state index in [4.69, 9.17) is 14.7 Å². The Morgan fingerprint density at radius 3 is 3.00 bits per heavy atom. The molecule has 1 amide bonds. The number of fused-ring (bicyclic) bond motifs is 1. The molecule has 0 spiro atoms. The molecule has 1 aromatic carbocycles. The zero-order valence-electron chi connectivity index (χ0n) is 15.4. The predicted octanol–water partition coefficient (Wildman–Crippen LogP) is 2.52. The highest BCUT2D eigenvalue weighted by Gasteiger charge is 2.27. The number of benzene rings is 1. The van der Waals surface area contributed by atoms with Crippen LogP contribution < -0.4 is 9.47 Å². The molecule has 1 aliphatic heterocycles. The van der Waals surface area contributed by atoms with E-state index in [0.717, 1.165) is 29.5 Å². The number of aromatic nitrogens is 3. The minimum Gasteiger partial charge on any atom is -0.497 e. The second-order valence-electron chi connectivity index (χ2n) is 6.59. The second-order valence-corrected chi connectivity index (χ2v) is 6.59. The Labute approximate surface area is 161 Å². The topological polar surface area (TPSA) is 104 Å². The van der Waals surface area contributed by atoms with Crippen molar-refractivity contribution in [1.82, 2.24) is 19.9 Å². The lowest BCUT2D eigenvalue weighted by atomic mass is 10.1. The minimum absolute atomic E-state index is 0.0804. The molecule has 4 rings (SSSR count). The number of carbonyl (C=O) groups is 1. The Hall–Kier alpha value is -3.60. The Morgan fingerprint density at radius 2 is 2.18 bits per heavy atom. The van der Waals surface area contributed by atoms with Gasteiger partial charge in [-0.2, -0.15) is 5.26 Å². The number of nitrogens with zero attached hydrogens (tertiary/aromatic N) is 4. The summed E-state index contributed by atoms with van der Waals surface area (Å²) < 4.78 is 11.1. The third-order valence-electron chi connectivity index (χ3n) is 4.77. The number of hydrogen-bond donors (Lipinski definition) is 1.